The van der Waals surface area contributed by atoms with Gasteiger partial charge in [0.05, 0.1) is 19.5 Å². The van der Waals surface area contributed by atoms with Gasteiger partial charge in [-0.3, -0.25) is 0 Å². The Kier molecular flexibility index (Phi) is 12.5. The summed E-state index contributed by atoms with van der Waals surface area (Å²) >= 11 is 33.2. The van der Waals surface area contributed by atoms with Crippen LogP contribution in [0, 0.1) is 0 Å². The Hall–Kier alpha value is -1.69. The summed E-state index contributed by atoms with van der Waals surface area (Å²) in [6, 6.07) is 34.4. The van der Waals surface area contributed by atoms with Gasteiger partial charge in [-0.25, -0.2) is 0 Å². The van der Waals surface area contributed by atoms with E-state index < -0.39 is 0 Å². The van der Waals surface area contributed by atoms with Crippen molar-refractivity contribution in [1.29, 1.82) is 0 Å². The van der Waals surface area contributed by atoms with Crippen molar-refractivity contribution in [2.45, 2.75) is 0 Å². The van der Waals surface area contributed by atoms with Gasteiger partial charge in [-0.2, -0.15) is 0 Å². The summed E-state index contributed by atoms with van der Waals surface area (Å²) in [4.78, 5) is 2.76. The van der Waals surface area contributed by atoms with Crippen LogP contribution in [0.3, 0.4) is 0 Å². The number of benzene rings is 4. The standard InChI is InChI=1S/2C14H9ClS2.Ni/c2*15-12-8-6-11(7-9-12)14(17)13(16)10-4-2-1-3-5-10;/h2*1-9H;. The SMILES string of the molecule is S=C(C(=S)c1ccc(Cl)cc1)c1ccccc1.S=C(C(=S)c1ccc(Cl)cc1)c1ccccc1.[Ni]. The number of thiocarbonyl (C=S) groups is 4. The predicted octanol–water partition coefficient (Wildman–Crippen LogP) is 8.95. The topological polar surface area (TPSA) is 0 Å². The third-order valence-corrected chi connectivity index (χ3v) is 7.22. The molecule has 35 heavy (non-hydrogen) atoms. The van der Waals surface area contributed by atoms with E-state index in [0.717, 1.165) is 22.3 Å². The van der Waals surface area contributed by atoms with Gasteiger partial charge < -0.3 is 0 Å². The first-order valence-electron chi connectivity index (χ1n) is 10.2. The molecule has 0 spiro atoms. The summed E-state index contributed by atoms with van der Waals surface area (Å²) in [5, 5.41) is 1.39. The summed E-state index contributed by atoms with van der Waals surface area (Å²) in [5.74, 6) is 0. The molecular weight excluding hydrogens is 594 g/mol. The summed E-state index contributed by atoms with van der Waals surface area (Å²) in [5.41, 5.74) is 3.81. The molecule has 4 aromatic carbocycles. The van der Waals surface area contributed by atoms with Crippen molar-refractivity contribution in [1.82, 2.24) is 0 Å². The second-order valence-corrected chi connectivity index (χ2v) is 9.57. The Morgan fingerprint density at radius 3 is 0.857 bits per heavy atom. The van der Waals surface area contributed by atoms with Crippen molar-refractivity contribution in [2.24, 2.45) is 0 Å². The van der Waals surface area contributed by atoms with E-state index in [4.69, 9.17) is 72.1 Å². The Morgan fingerprint density at radius 2 is 0.600 bits per heavy atom. The van der Waals surface area contributed by atoms with E-state index in [-0.39, 0.29) is 16.5 Å². The molecule has 0 radical (unpaired) electrons. The zero-order valence-corrected chi connectivity index (χ0v) is 23.9. The minimum atomic E-state index is 0. The Balaban J connectivity index is 0.000000240. The van der Waals surface area contributed by atoms with Crippen molar-refractivity contribution >= 4 is 91.5 Å². The molecule has 0 heterocycles. The summed E-state index contributed by atoms with van der Waals surface area (Å²) in [7, 11) is 0. The second kappa shape index (κ2) is 14.8. The quantitative estimate of drug-likeness (QED) is 0.121. The van der Waals surface area contributed by atoms with Crippen LogP contribution in [-0.2, 0) is 16.5 Å². The third-order valence-electron chi connectivity index (χ3n) is 4.70. The Labute approximate surface area is 247 Å². The van der Waals surface area contributed by atoms with E-state index in [1.807, 2.05) is 109 Å². The van der Waals surface area contributed by atoms with Crippen LogP contribution < -0.4 is 0 Å². The van der Waals surface area contributed by atoms with E-state index in [1.54, 1.807) is 0 Å². The fraction of sp³-hybridized carbons (Fsp3) is 0. The fourth-order valence-electron chi connectivity index (χ4n) is 2.91. The van der Waals surface area contributed by atoms with Gasteiger partial charge in [0.1, 0.15) is 0 Å². The molecule has 0 saturated carbocycles. The van der Waals surface area contributed by atoms with Crippen LogP contribution in [0.15, 0.2) is 109 Å². The normalized spacial score (nSPS) is 9.66. The molecule has 0 aliphatic carbocycles. The van der Waals surface area contributed by atoms with E-state index >= 15 is 0 Å². The van der Waals surface area contributed by atoms with Crippen molar-refractivity contribution in [3.8, 4) is 0 Å². The van der Waals surface area contributed by atoms with Crippen LogP contribution in [0.4, 0.5) is 0 Å². The van der Waals surface area contributed by atoms with Crippen LogP contribution in [0.25, 0.3) is 0 Å². The van der Waals surface area contributed by atoms with Gasteiger partial charge in [-0.1, -0.05) is 157 Å². The minimum absolute atomic E-state index is 0. The predicted molar refractivity (Wildman–Crippen MR) is 163 cm³/mol. The molecule has 4 aromatic rings. The molecule has 0 fully saturated rings. The molecule has 0 atom stereocenters. The van der Waals surface area contributed by atoms with E-state index in [2.05, 4.69) is 0 Å². The molecule has 0 amide bonds. The molecule has 7 heteroatoms. The van der Waals surface area contributed by atoms with E-state index in [1.165, 1.54) is 0 Å². The Bertz CT molecular complexity index is 1200. The molecule has 0 bridgehead atoms. The number of hydrogen-bond donors (Lipinski definition) is 0. The van der Waals surface area contributed by atoms with Crippen molar-refractivity contribution in [2.75, 3.05) is 0 Å². The van der Waals surface area contributed by atoms with Gasteiger partial charge in [0.2, 0.25) is 0 Å². The second-order valence-electron chi connectivity index (χ2n) is 7.06. The number of hydrogen-bond acceptors (Lipinski definition) is 4. The molecule has 0 aromatic heterocycles. The van der Waals surface area contributed by atoms with Crippen molar-refractivity contribution in [3.05, 3.63) is 141 Å². The maximum Gasteiger partial charge on any atom is 0.0636 e. The third kappa shape index (κ3) is 8.73. The first-order chi connectivity index (χ1) is 16.4. The molecule has 0 aliphatic heterocycles. The monoisotopic (exact) mass is 610 g/mol. The maximum absolute atomic E-state index is 5.84. The van der Waals surface area contributed by atoms with E-state index in [9.17, 15) is 0 Å². The molecular formula is C28H18Cl2NiS4. The molecule has 0 unspecified atom stereocenters. The minimum Gasteiger partial charge on any atom is -0.0843 e. The summed E-state index contributed by atoms with van der Waals surface area (Å²) < 4.78 is 0. The molecule has 0 aliphatic rings. The van der Waals surface area contributed by atoms with Gasteiger partial charge in [-0.15, -0.1) is 0 Å². The van der Waals surface area contributed by atoms with Crippen molar-refractivity contribution in [3.63, 3.8) is 0 Å². The van der Waals surface area contributed by atoms with Crippen LogP contribution in [-0.4, -0.2) is 19.5 Å². The van der Waals surface area contributed by atoms with Crippen LogP contribution in [0.1, 0.15) is 22.3 Å². The summed E-state index contributed by atoms with van der Waals surface area (Å²) in [6.07, 6.45) is 0. The average Bonchev–Trinajstić information content (AvgIpc) is 2.89. The molecule has 4 rings (SSSR count). The van der Waals surface area contributed by atoms with Crippen molar-refractivity contribution < 1.29 is 16.5 Å². The van der Waals surface area contributed by atoms with Gasteiger partial charge in [-0.05, 0) is 46.5 Å². The molecule has 0 N–H and O–H groups in total. The largest absolute Gasteiger partial charge is 0.0843 e. The first kappa shape index (κ1) is 29.5. The van der Waals surface area contributed by atoms with E-state index in [0.29, 0.717) is 29.5 Å². The molecule has 178 valence electrons. The van der Waals surface area contributed by atoms with Gasteiger partial charge in [0.25, 0.3) is 0 Å². The molecule has 0 nitrogen and oxygen atoms in total. The number of halogens is 2. The first-order valence-corrected chi connectivity index (χ1v) is 12.5. The smallest absolute Gasteiger partial charge is 0.0636 e. The zero-order valence-electron chi connectivity index (χ0n) is 18.1. The van der Waals surface area contributed by atoms with Gasteiger partial charge in [0, 0.05) is 26.5 Å². The summed E-state index contributed by atoms with van der Waals surface area (Å²) in [6.45, 7) is 0. The Morgan fingerprint density at radius 1 is 0.371 bits per heavy atom. The number of rotatable bonds is 6. The maximum atomic E-state index is 5.84. The average molecular weight is 612 g/mol. The van der Waals surface area contributed by atoms with Crippen LogP contribution in [0.5, 0.6) is 0 Å². The van der Waals surface area contributed by atoms with Crippen LogP contribution in [0.2, 0.25) is 10.0 Å². The van der Waals surface area contributed by atoms with Gasteiger partial charge in [0.15, 0.2) is 0 Å². The van der Waals surface area contributed by atoms with Crippen LogP contribution >= 0.6 is 72.1 Å². The van der Waals surface area contributed by atoms with Gasteiger partial charge >= 0.3 is 0 Å². The fourth-order valence-corrected chi connectivity index (χ4v) is 4.17. The molecule has 0 saturated heterocycles. The zero-order chi connectivity index (χ0) is 24.5.